The van der Waals surface area contributed by atoms with E-state index in [1.165, 1.54) is 11.0 Å². The quantitative estimate of drug-likeness (QED) is 0.535. The Morgan fingerprint density at radius 3 is 2.62 bits per heavy atom. The zero-order valence-electron chi connectivity index (χ0n) is 11.5. The molecule has 21 heavy (non-hydrogen) atoms. The summed E-state index contributed by atoms with van der Waals surface area (Å²) in [5.41, 5.74) is 0.688. The molecule has 0 saturated carbocycles. The highest BCUT2D eigenvalue weighted by Gasteiger charge is 2.11. The summed E-state index contributed by atoms with van der Waals surface area (Å²) >= 11 is 1.58. The third kappa shape index (κ3) is 2.23. The van der Waals surface area contributed by atoms with E-state index in [1.54, 1.807) is 24.5 Å². The van der Waals surface area contributed by atoms with Crippen LogP contribution in [0.5, 0.6) is 0 Å². The Bertz CT molecular complexity index is 927. The average molecular weight is 295 g/mol. The summed E-state index contributed by atoms with van der Waals surface area (Å²) in [6.07, 6.45) is 1.26. The fraction of sp³-hybridized carbons (Fsp3) is 0.0588. The molecule has 0 aliphatic carbocycles. The Morgan fingerprint density at radius 1 is 1.14 bits per heavy atom. The molecule has 104 valence electrons. The van der Waals surface area contributed by atoms with Gasteiger partial charge in [-0.15, -0.1) is 11.3 Å². The second-order valence-electron chi connectivity index (χ2n) is 4.71. The molecule has 0 bridgehead atoms. The van der Waals surface area contributed by atoms with Gasteiger partial charge < -0.3 is 4.90 Å². The van der Waals surface area contributed by atoms with E-state index in [2.05, 4.69) is 6.58 Å². The summed E-state index contributed by atoms with van der Waals surface area (Å²) in [5, 5.41) is 1.35. The van der Waals surface area contributed by atoms with E-state index in [4.69, 9.17) is 0 Å². The Balaban J connectivity index is 2.28. The molecule has 0 radical (unpaired) electrons. The van der Waals surface area contributed by atoms with Gasteiger partial charge >= 0.3 is 0 Å². The van der Waals surface area contributed by atoms with Crippen LogP contribution in [0.3, 0.4) is 0 Å². The summed E-state index contributed by atoms with van der Waals surface area (Å²) in [4.78, 5) is 25.7. The highest BCUT2D eigenvalue weighted by atomic mass is 32.1. The predicted octanol–water partition coefficient (Wildman–Crippen LogP) is 3.56. The van der Waals surface area contributed by atoms with Gasteiger partial charge in [-0.2, -0.15) is 0 Å². The van der Waals surface area contributed by atoms with Crippen molar-refractivity contribution in [2.24, 2.45) is 0 Å². The molecule has 0 unspecified atom stereocenters. The molecule has 3 rings (SSSR count). The SMILES string of the molecule is C=CC(=O)N(C)c1ccc2sc3ccccc3c(=O)c2c1. The van der Waals surface area contributed by atoms with Gasteiger partial charge in [0.2, 0.25) is 5.91 Å². The van der Waals surface area contributed by atoms with Crippen LogP contribution in [-0.2, 0) is 4.79 Å². The van der Waals surface area contributed by atoms with Crippen molar-refractivity contribution in [2.75, 3.05) is 11.9 Å². The highest BCUT2D eigenvalue weighted by Crippen LogP contribution is 2.27. The van der Waals surface area contributed by atoms with Gasteiger partial charge in [-0.1, -0.05) is 18.7 Å². The van der Waals surface area contributed by atoms with Crippen LogP contribution in [0.4, 0.5) is 5.69 Å². The summed E-state index contributed by atoms with van der Waals surface area (Å²) in [6, 6.07) is 13.1. The van der Waals surface area contributed by atoms with Crippen LogP contribution in [-0.4, -0.2) is 13.0 Å². The molecule has 0 atom stereocenters. The second kappa shape index (κ2) is 5.14. The predicted molar refractivity (Wildman–Crippen MR) is 89.2 cm³/mol. The van der Waals surface area contributed by atoms with E-state index < -0.39 is 0 Å². The average Bonchev–Trinajstić information content (AvgIpc) is 2.53. The maximum atomic E-state index is 12.6. The maximum Gasteiger partial charge on any atom is 0.250 e. The largest absolute Gasteiger partial charge is 0.312 e. The van der Waals surface area contributed by atoms with E-state index >= 15 is 0 Å². The van der Waals surface area contributed by atoms with Crippen LogP contribution >= 0.6 is 11.3 Å². The van der Waals surface area contributed by atoms with Crippen molar-refractivity contribution in [2.45, 2.75) is 0 Å². The molecule has 0 aliphatic heterocycles. The minimum Gasteiger partial charge on any atom is -0.312 e. The summed E-state index contributed by atoms with van der Waals surface area (Å²) in [6.45, 7) is 3.48. The van der Waals surface area contributed by atoms with Gasteiger partial charge in [-0.3, -0.25) is 9.59 Å². The first-order valence-electron chi connectivity index (χ1n) is 6.47. The van der Waals surface area contributed by atoms with Gasteiger partial charge in [0.25, 0.3) is 0 Å². The van der Waals surface area contributed by atoms with E-state index in [9.17, 15) is 9.59 Å². The van der Waals surface area contributed by atoms with Gasteiger partial charge in [0.15, 0.2) is 5.43 Å². The van der Waals surface area contributed by atoms with Crippen molar-refractivity contribution in [1.29, 1.82) is 0 Å². The van der Waals surface area contributed by atoms with Crippen LogP contribution in [0.2, 0.25) is 0 Å². The minimum absolute atomic E-state index is 0.000604. The zero-order valence-corrected chi connectivity index (χ0v) is 12.3. The van der Waals surface area contributed by atoms with Crippen LogP contribution in [0.1, 0.15) is 0 Å². The molecule has 0 spiro atoms. The third-order valence-corrected chi connectivity index (χ3v) is 4.60. The summed E-state index contributed by atoms with van der Waals surface area (Å²) in [5.74, 6) is -0.203. The van der Waals surface area contributed by atoms with Gasteiger partial charge in [0, 0.05) is 32.9 Å². The Labute approximate surface area is 125 Å². The minimum atomic E-state index is -0.203. The molecular weight excluding hydrogens is 282 g/mol. The lowest BCUT2D eigenvalue weighted by atomic mass is 10.1. The zero-order chi connectivity index (χ0) is 15.0. The van der Waals surface area contributed by atoms with Gasteiger partial charge in [-0.25, -0.2) is 0 Å². The summed E-state index contributed by atoms with van der Waals surface area (Å²) < 4.78 is 1.89. The lowest BCUT2D eigenvalue weighted by molar-refractivity contribution is -0.113. The fourth-order valence-corrected chi connectivity index (χ4v) is 3.32. The van der Waals surface area contributed by atoms with E-state index in [0.29, 0.717) is 16.5 Å². The molecule has 1 amide bonds. The van der Waals surface area contributed by atoms with Crippen molar-refractivity contribution in [3.63, 3.8) is 0 Å². The number of nitrogens with zero attached hydrogens (tertiary/aromatic N) is 1. The number of likely N-dealkylation sites (N-methyl/N-ethyl adjacent to an activating group) is 1. The molecule has 1 aromatic heterocycles. The first kappa shape index (κ1) is 13.5. The van der Waals surface area contributed by atoms with E-state index in [0.717, 1.165) is 9.40 Å². The van der Waals surface area contributed by atoms with Gasteiger partial charge in [-0.05, 0) is 36.4 Å². The fourth-order valence-electron chi connectivity index (χ4n) is 2.26. The Morgan fingerprint density at radius 2 is 1.86 bits per heavy atom. The van der Waals surface area contributed by atoms with Crippen molar-refractivity contribution in [3.8, 4) is 0 Å². The number of benzene rings is 2. The highest BCUT2D eigenvalue weighted by molar-refractivity contribution is 7.24. The van der Waals surface area contributed by atoms with Crippen LogP contribution in [0, 0.1) is 0 Å². The lowest BCUT2D eigenvalue weighted by Crippen LogP contribution is -2.23. The number of fused-ring (bicyclic) bond motifs is 2. The molecule has 2 aromatic carbocycles. The number of anilines is 1. The van der Waals surface area contributed by atoms with Crippen molar-refractivity contribution < 1.29 is 4.79 Å². The first-order valence-corrected chi connectivity index (χ1v) is 7.29. The molecule has 3 aromatic rings. The number of carbonyl (C=O) groups is 1. The lowest BCUT2D eigenvalue weighted by Gasteiger charge is -2.15. The molecule has 0 N–H and O–H groups in total. The molecule has 3 nitrogen and oxygen atoms in total. The van der Waals surface area contributed by atoms with Crippen LogP contribution < -0.4 is 10.3 Å². The van der Waals surface area contributed by atoms with Crippen molar-refractivity contribution in [1.82, 2.24) is 0 Å². The molecule has 1 heterocycles. The smallest absolute Gasteiger partial charge is 0.250 e. The summed E-state index contributed by atoms with van der Waals surface area (Å²) in [7, 11) is 1.67. The number of hydrogen-bond donors (Lipinski definition) is 0. The standard InChI is InChI=1S/C17H13NO2S/c1-3-16(19)18(2)11-8-9-15-13(10-11)17(20)12-6-4-5-7-14(12)21-15/h3-10H,1H2,2H3. The van der Waals surface area contributed by atoms with Gasteiger partial charge in [0.1, 0.15) is 0 Å². The van der Waals surface area contributed by atoms with Crippen molar-refractivity contribution in [3.05, 3.63) is 65.3 Å². The normalized spacial score (nSPS) is 10.7. The number of rotatable bonds is 2. The molecule has 0 aliphatic rings. The second-order valence-corrected chi connectivity index (χ2v) is 5.79. The third-order valence-electron chi connectivity index (χ3n) is 3.45. The number of amides is 1. The van der Waals surface area contributed by atoms with Gasteiger partial charge in [0.05, 0.1) is 0 Å². The van der Waals surface area contributed by atoms with E-state index in [-0.39, 0.29) is 11.3 Å². The molecular formula is C17H13NO2S. The molecule has 0 fully saturated rings. The van der Waals surface area contributed by atoms with Crippen LogP contribution in [0.25, 0.3) is 20.2 Å². The Kier molecular flexibility index (Phi) is 3.31. The van der Waals surface area contributed by atoms with Crippen molar-refractivity contribution >= 4 is 43.1 Å². The number of hydrogen-bond acceptors (Lipinski definition) is 3. The van der Waals surface area contributed by atoms with Crippen LogP contribution in [0.15, 0.2) is 59.9 Å². The van der Waals surface area contributed by atoms with E-state index in [1.807, 2.05) is 36.4 Å². The first-order chi connectivity index (χ1) is 10.1. The molecule has 4 heteroatoms. The molecule has 0 saturated heterocycles. The Hall–Kier alpha value is -2.46. The topological polar surface area (TPSA) is 37.4 Å². The maximum absolute atomic E-state index is 12.6. The number of carbonyl (C=O) groups excluding carboxylic acids is 1. The monoisotopic (exact) mass is 295 g/mol.